The van der Waals surface area contributed by atoms with Gasteiger partial charge in [0.2, 0.25) is 0 Å². The second-order valence-corrected chi connectivity index (χ2v) is 7.64. The van der Waals surface area contributed by atoms with Crippen molar-refractivity contribution in [3.05, 3.63) is 0 Å². The molecule has 0 bridgehead atoms. The summed E-state index contributed by atoms with van der Waals surface area (Å²) < 4.78 is 5.22. The molecule has 0 aliphatic rings. The number of hydrogen-bond donors (Lipinski definition) is 2. The van der Waals surface area contributed by atoms with Crippen LogP contribution in [0.25, 0.3) is 0 Å². The fourth-order valence-corrected chi connectivity index (χ4v) is 2.63. The smallest absolute Gasteiger partial charge is 0.305 e. The number of unbranched alkanes of at least 4 members (excludes halogenated alkanes) is 6. The lowest BCUT2D eigenvalue weighted by molar-refractivity contribution is -0.153. The van der Waals surface area contributed by atoms with Crippen molar-refractivity contribution < 1.29 is 29.3 Å². The molecule has 1 unspecified atom stereocenters. The quantitative estimate of drug-likeness (QED) is 0.315. The van der Waals surface area contributed by atoms with E-state index in [1.165, 1.54) is 25.7 Å². The molecule has 0 fully saturated rings. The van der Waals surface area contributed by atoms with Crippen LogP contribution in [0.4, 0.5) is 0 Å². The maximum Gasteiger partial charge on any atom is 0.305 e. The van der Waals surface area contributed by atoms with Gasteiger partial charge in [0.25, 0.3) is 0 Å². The van der Waals surface area contributed by atoms with Crippen LogP contribution in [0.1, 0.15) is 91.4 Å². The van der Waals surface area contributed by atoms with E-state index >= 15 is 0 Å². The summed E-state index contributed by atoms with van der Waals surface area (Å²) in [5.74, 6) is -1.69. The van der Waals surface area contributed by atoms with Crippen molar-refractivity contribution in [2.75, 3.05) is 6.61 Å². The third-order valence-electron chi connectivity index (χ3n) is 4.45. The predicted molar refractivity (Wildman–Crippen MR) is 99.9 cm³/mol. The van der Waals surface area contributed by atoms with E-state index in [-0.39, 0.29) is 31.8 Å². The maximum atomic E-state index is 12.0. The van der Waals surface area contributed by atoms with Gasteiger partial charge in [0.1, 0.15) is 6.10 Å². The van der Waals surface area contributed by atoms with Crippen LogP contribution in [0.15, 0.2) is 0 Å². The van der Waals surface area contributed by atoms with Gasteiger partial charge in [-0.2, -0.15) is 0 Å². The first kappa shape index (κ1) is 24.6. The third kappa shape index (κ3) is 12.0. The number of carbonyl (C=O) groups excluding carboxylic acids is 2. The van der Waals surface area contributed by atoms with Crippen molar-refractivity contribution in [1.82, 2.24) is 0 Å². The number of rotatable bonds is 16. The molecule has 0 heterocycles. The van der Waals surface area contributed by atoms with E-state index in [4.69, 9.17) is 9.84 Å². The number of ketones is 1. The molecule has 2 N–H and O–H groups in total. The van der Waals surface area contributed by atoms with Gasteiger partial charge in [-0.15, -0.1) is 0 Å². The van der Waals surface area contributed by atoms with E-state index in [2.05, 4.69) is 6.92 Å². The minimum atomic E-state index is -1.28. The average molecular weight is 373 g/mol. The number of aliphatic carboxylic acids is 1. The zero-order chi connectivity index (χ0) is 20.0. The molecular formula is C20H36O6. The lowest BCUT2D eigenvalue weighted by Crippen LogP contribution is -2.40. The fraction of sp³-hybridized carbons (Fsp3) is 0.850. The normalized spacial score (nSPS) is 12.6. The summed E-state index contributed by atoms with van der Waals surface area (Å²) in [6.45, 7) is 5.47. The Hall–Kier alpha value is -1.43. The number of ether oxygens (including phenoxy) is 1. The summed E-state index contributed by atoms with van der Waals surface area (Å²) in [6, 6.07) is 0. The summed E-state index contributed by atoms with van der Waals surface area (Å²) in [6.07, 6.45) is 7.02. The molecule has 6 nitrogen and oxygen atoms in total. The van der Waals surface area contributed by atoms with Gasteiger partial charge in [-0.1, -0.05) is 59.3 Å². The number of carboxylic acid groups (broad SMARTS) is 1. The van der Waals surface area contributed by atoms with Gasteiger partial charge < -0.3 is 14.9 Å². The Morgan fingerprint density at radius 2 is 1.46 bits per heavy atom. The molecular weight excluding hydrogens is 336 g/mol. The van der Waals surface area contributed by atoms with Gasteiger partial charge in [0, 0.05) is 24.7 Å². The largest absolute Gasteiger partial charge is 0.481 e. The average Bonchev–Trinajstić information content (AvgIpc) is 2.58. The predicted octanol–water partition coefficient (Wildman–Crippen LogP) is 3.88. The number of carbonyl (C=O) groups is 3. The summed E-state index contributed by atoms with van der Waals surface area (Å²) >= 11 is 0. The summed E-state index contributed by atoms with van der Waals surface area (Å²) in [4.78, 5) is 34.2. The first-order chi connectivity index (χ1) is 12.2. The molecule has 0 aromatic carbocycles. The first-order valence-electron chi connectivity index (χ1n) is 9.79. The van der Waals surface area contributed by atoms with Crippen molar-refractivity contribution in [2.45, 2.75) is 97.5 Å². The van der Waals surface area contributed by atoms with Gasteiger partial charge in [-0.3, -0.25) is 14.4 Å². The Balaban J connectivity index is 3.99. The fourth-order valence-electron chi connectivity index (χ4n) is 2.63. The van der Waals surface area contributed by atoms with E-state index in [0.29, 0.717) is 6.42 Å². The Morgan fingerprint density at radius 1 is 0.885 bits per heavy atom. The standard InChI is InChI=1S/C20H36O6/c1-4-5-6-7-8-9-10-14-18(24)26-15-20(2,3)19(25)16(21)12-11-13-17(22)23/h19,25H,4-15H2,1-3H3,(H,22,23). The lowest BCUT2D eigenvalue weighted by atomic mass is 9.84. The van der Waals surface area contributed by atoms with E-state index in [9.17, 15) is 19.5 Å². The van der Waals surface area contributed by atoms with Crippen LogP contribution in [0, 0.1) is 5.41 Å². The van der Waals surface area contributed by atoms with Crippen molar-refractivity contribution >= 4 is 17.7 Å². The number of esters is 1. The molecule has 1 atom stereocenters. The molecule has 0 rings (SSSR count). The summed E-state index contributed by atoms with van der Waals surface area (Å²) in [5.41, 5.74) is -0.893. The minimum absolute atomic E-state index is 0.00285. The molecule has 0 saturated heterocycles. The Kier molecular flexibility index (Phi) is 13.0. The maximum absolute atomic E-state index is 12.0. The molecule has 0 amide bonds. The van der Waals surface area contributed by atoms with Crippen LogP contribution in [0.3, 0.4) is 0 Å². The molecule has 6 heteroatoms. The third-order valence-corrected chi connectivity index (χ3v) is 4.45. The van der Waals surface area contributed by atoms with Gasteiger partial charge in [0.05, 0.1) is 6.61 Å². The zero-order valence-electron chi connectivity index (χ0n) is 16.6. The molecule has 0 aromatic rings. The van der Waals surface area contributed by atoms with Gasteiger partial charge >= 0.3 is 11.9 Å². The highest BCUT2D eigenvalue weighted by Gasteiger charge is 2.34. The molecule has 0 radical (unpaired) electrons. The summed E-state index contributed by atoms with van der Waals surface area (Å²) in [7, 11) is 0. The van der Waals surface area contributed by atoms with Crippen LogP contribution in [-0.4, -0.2) is 40.6 Å². The van der Waals surface area contributed by atoms with Crippen LogP contribution in [0.5, 0.6) is 0 Å². The minimum Gasteiger partial charge on any atom is -0.481 e. The molecule has 152 valence electrons. The van der Waals surface area contributed by atoms with E-state index in [1.54, 1.807) is 13.8 Å². The van der Waals surface area contributed by atoms with Crippen molar-refractivity contribution in [1.29, 1.82) is 0 Å². The Bertz CT molecular complexity index is 430. The second kappa shape index (κ2) is 13.7. The van der Waals surface area contributed by atoms with Gasteiger partial charge in [0.15, 0.2) is 5.78 Å². The molecule has 0 saturated carbocycles. The second-order valence-electron chi connectivity index (χ2n) is 7.64. The zero-order valence-corrected chi connectivity index (χ0v) is 16.6. The number of aliphatic hydroxyl groups excluding tert-OH is 1. The topological polar surface area (TPSA) is 101 Å². The van der Waals surface area contributed by atoms with Crippen LogP contribution < -0.4 is 0 Å². The lowest BCUT2D eigenvalue weighted by Gasteiger charge is -2.29. The van der Waals surface area contributed by atoms with Crippen molar-refractivity contribution in [2.24, 2.45) is 5.41 Å². The Labute approximate surface area is 157 Å². The van der Waals surface area contributed by atoms with Gasteiger partial charge in [-0.25, -0.2) is 0 Å². The molecule has 0 aromatic heterocycles. The van der Waals surface area contributed by atoms with Crippen molar-refractivity contribution in [3.8, 4) is 0 Å². The van der Waals surface area contributed by atoms with E-state index in [0.717, 1.165) is 19.3 Å². The number of hydrogen-bond acceptors (Lipinski definition) is 5. The van der Waals surface area contributed by atoms with Crippen LogP contribution >= 0.6 is 0 Å². The first-order valence-corrected chi connectivity index (χ1v) is 9.79. The van der Waals surface area contributed by atoms with Crippen LogP contribution in [0.2, 0.25) is 0 Å². The number of aliphatic hydroxyl groups is 1. The van der Waals surface area contributed by atoms with E-state index in [1.807, 2.05) is 0 Å². The molecule has 0 aliphatic carbocycles. The molecule has 0 aliphatic heterocycles. The molecule has 26 heavy (non-hydrogen) atoms. The van der Waals surface area contributed by atoms with Gasteiger partial charge in [-0.05, 0) is 12.8 Å². The Morgan fingerprint density at radius 3 is 2.04 bits per heavy atom. The molecule has 0 spiro atoms. The number of Topliss-reactive ketones (excluding diaryl/α,β-unsaturated/α-hetero) is 1. The number of carboxylic acids is 1. The monoisotopic (exact) mass is 372 g/mol. The van der Waals surface area contributed by atoms with E-state index < -0.39 is 23.3 Å². The van der Waals surface area contributed by atoms with Crippen molar-refractivity contribution in [3.63, 3.8) is 0 Å². The highest BCUT2D eigenvalue weighted by Crippen LogP contribution is 2.24. The van der Waals surface area contributed by atoms with Crippen LogP contribution in [-0.2, 0) is 19.1 Å². The SMILES string of the molecule is CCCCCCCCCC(=O)OCC(C)(C)C(O)C(=O)CCCC(=O)O. The highest BCUT2D eigenvalue weighted by atomic mass is 16.5. The summed E-state index contributed by atoms with van der Waals surface area (Å²) in [5, 5.41) is 18.7. The highest BCUT2D eigenvalue weighted by molar-refractivity contribution is 5.84.